The fourth-order valence-corrected chi connectivity index (χ4v) is 4.07. The zero-order valence-electron chi connectivity index (χ0n) is 15.4. The standard InChI is InChI=1S/C23H26O2S/c1-16(19-7-5-18(6-8-19)4-3-15-24)20-9-11-21(12-10-20)23-14-13-22(26-23)17(2)25/h5-14,16-17,24-25H,3-4,15H2,1-2H3. The number of rotatable bonds is 7. The molecule has 1 aromatic heterocycles. The molecule has 0 fully saturated rings. The number of benzene rings is 2. The van der Waals surface area contributed by atoms with Gasteiger partial charge in [-0.2, -0.15) is 0 Å². The third kappa shape index (κ3) is 4.42. The average Bonchev–Trinajstić information content (AvgIpc) is 3.17. The molecule has 0 aliphatic carbocycles. The van der Waals surface area contributed by atoms with Crippen molar-refractivity contribution in [2.45, 2.75) is 38.7 Å². The predicted octanol–water partition coefficient (Wildman–Crippen LogP) is 5.55. The van der Waals surface area contributed by atoms with E-state index < -0.39 is 6.10 Å². The van der Waals surface area contributed by atoms with Crippen LogP contribution in [0.5, 0.6) is 0 Å². The van der Waals surface area contributed by atoms with E-state index in [0.717, 1.165) is 17.7 Å². The van der Waals surface area contributed by atoms with E-state index in [-0.39, 0.29) is 6.61 Å². The van der Waals surface area contributed by atoms with Gasteiger partial charge in [-0.25, -0.2) is 0 Å². The van der Waals surface area contributed by atoms with Crippen LogP contribution in [0.3, 0.4) is 0 Å². The van der Waals surface area contributed by atoms with Crippen LogP contribution in [0.4, 0.5) is 0 Å². The molecule has 2 N–H and O–H groups in total. The molecule has 2 nitrogen and oxygen atoms in total. The molecule has 2 aromatic carbocycles. The van der Waals surface area contributed by atoms with Crippen LogP contribution < -0.4 is 0 Å². The number of hydrogen-bond donors (Lipinski definition) is 2. The third-order valence-corrected chi connectivity index (χ3v) is 6.14. The number of aryl methyl sites for hydroxylation is 1. The molecule has 3 rings (SSSR count). The van der Waals surface area contributed by atoms with Crippen molar-refractivity contribution >= 4 is 11.3 Å². The maximum Gasteiger partial charge on any atom is 0.0854 e. The smallest absolute Gasteiger partial charge is 0.0854 e. The Labute approximate surface area is 159 Å². The lowest BCUT2D eigenvalue weighted by molar-refractivity contribution is 0.203. The van der Waals surface area contributed by atoms with Gasteiger partial charge in [0.2, 0.25) is 0 Å². The summed E-state index contributed by atoms with van der Waals surface area (Å²) in [5.74, 6) is 0.340. The second-order valence-electron chi connectivity index (χ2n) is 6.79. The Balaban J connectivity index is 1.72. The molecule has 0 saturated heterocycles. The van der Waals surface area contributed by atoms with Gasteiger partial charge in [0.15, 0.2) is 0 Å². The van der Waals surface area contributed by atoms with Gasteiger partial charge >= 0.3 is 0 Å². The molecule has 0 radical (unpaired) electrons. The molecule has 2 unspecified atom stereocenters. The molecule has 3 heteroatoms. The van der Waals surface area contributed by atoms with E-state index in [1.54, 1.807) is 18.3 Å². The van der Waals surface area contributed by atoms with Crippen molar-refractivity contribution in [1.29, 1.82) is 0 Å². The van der Waals surface area contributed by atoms with Crippen molar-refractivity contribution in [1.82, 2.24) is 0 Å². The number of aliphatic hydroxyl groups excluding tert-OH is 2. The first-order valence-electron chi connectivity index (χ1n) is 9.16. The first kappa shape index (κ1) is 18.8. The van der Waals surface area contributed by atoms with Crippen molar-refractivity contribution in [2.75, 3.05) is 6.61 Å². The van der Waals surface area contributed by atoms with Crippen molar-refractivity contribution < 1.29 is 10.2 Å². The summed E-state index contributed by atoms with van der Waals surface area (Å²) in [4.78, 5) is 2.19. The van der Waals surface area contributed by atoms with Crippen LogP contribution in [-0.2, 0) is 6.42 Å². The summed E-state index contributed by atoms with van der Waals surface area (Å²) in [6.45, 7) is 4.28. The van der Waals surface area contributed by atoms with E-state index in [1.165, 1.54) is 27.1 Å². The van der Waals surface area contributed by atoms with Gasteiger partial charge < -0.3 is 10.2 Å². The number of thiophene rings is 1. The van der Waals surface area contributed by atoms with Gasteiger partial charge in [0.05, 0.1) is 6.10 Å². The largest absolute Gasteiger partial charge is 0.396 e. The van der Waals surface area contributed by atoms with E-state index in [0.29, 0.717) is 5.92 Å². The zero-order chi connectivity index (χ0) is 18.5. The number of hydrogen-bond acceptors (Lipinski definition) is 3. The molecule has 0 amide bonds. The summed E-state index contributed by atoms with van der Waals surface area (Å²) in [6, 6.07) is 21.5. The van der Waals surface area contributed by atoms with Crippen molar-refractivity contribution in [3.8, 4) is 10.4 Å². The van der Waals surface area contributed by atoms with Gasteiger partial charge in [-0.15, -0.1) is 11.3 Å². The predicted molar refractivity (Wildman–Crippen MR) is 110 cm³/mol. The highest BCUT2D eigenvalue weighted by atomic mass is 32.1. The Hall–Kier alpha value is -1.94. The molecule has 0 saturated carbocycles. The second-order valence-corrected chi connectivity index (χ2v) is 7.91. The van der Waals surface area contributed by atoms with Crippen LogP contribution in [-0.4, -0.2) is 16.8 Å². The highest BCUT2D eigenvalue weighted by molar-refractivity contribution is 7.15. The van der Waals surface area contributed by atoms with Crippen LogP contribution in [0.15, 0.2) is 60.7 Å². The molecule has 0 spiro atoms. The molecule has 136 valence electrons. The first-order valence-corrected chi connectivity index (χ1v) is 9.98. The SMILES string of the molecule is CC(O)c1ccc(-c2ccc(C(C)c3ccc(CCCO)cc3)cc2)s1. The minimum Gasteiger partial charge on any atom is -0.396 e. The van der Waals surface area contributed by atoms with Crippen molar-refractivity contribution in [2.24, 2.45) is 0 Å². The van der Waals surface area contributed by atoms with Crippen LogP contribution in [0, 0.1) is 0 Å². The first-order chi connectivity index (χ1) is 12.6. The Morgan fingerprint density at radius 1 is 0.846 bits per heavy atom. The Kier molecular flexibility index (Phi) is 6.25. The van der Waals surface area contributed by atoms with Crippen LogP contribution >= 0.6 is 11.3 Å². The van der Waals surface area contributed by atoms with E-state index in [9.17, 15) is 5.11 Å². The van der Waals surface area contributed by atoms with Crippen LogP contribution in [0.2, 0.25) is 0 Å². The second kappa shape index (κ2) is 8.63. The summed E-state index contributed by atoms with van der Waals surface area (Å²) in [5.41, 5.74) is 5.07. The van der Waals surface area contributed by atoms with Crippen LogP contribution in [0.25, 0.3) is 10.4 Å². The minimum absolute atomic E-state index is 0.244. The Morgan fingerprint density at radius 3 is 2.00 bits per heavy atom. The fraction of sp³-hybridized carbons (Fsp3) is 0.304. The molecule has 26 heavy (non-hydrogen) atoms. The molecule has 2 atom stereocenters. The summed E-state index contributed by atoms with van der Waals surface area (Å²) < 4.78 is 0. The zero-order valence-corrected chi connectivity index (χ0v) is 16.2. The lowest BCUT2D eigenvalue weighted by Crippen LogP contribution is -1.97. The van der Waals surface area contributed by atoms with E-state index in [2.05, 4.69) is 61.5 Å². The van der Waals surface area contributed by atoms with Crippen LogP contribution in [0.1, 0.15) is 53.9 Å². The fourth-order valence-electron chi connectivity index (χ4n) is 3.12. The molecule has 0 bridgehead atoms. The van der Waals surface area contributed by atoms with Gasteiger partial charge in [-0.1, -0.05) is 55.5 Å². The lowest BCUT2D eigenvalue weighted by atomic mass is 9.91. The van der Waals surface area contributed by atoms with Gasteiger partial charge in [-0.05, 0) is 54.2 Å². The molecule has 0 aliphatic rings. The van der Waals surface area contributed by atoms with Gasteiger partial charge in [0.1, 0.15) is 0 Å². The molecule has 1 heterocycles. The van der Waals surface area contributed by atoms with Gasteiger partial charge in [-0.3, -0.25) is 0 Å². The molecule has 0 aliphatic heterocycles. The Bertz CT molecular complexity index is 816. The highest BCUT2D eigenvalue weighted by Crippen LogP contribution is 2.33. The maximum absolute atomic E-state index is 9.69. The number of aliphatic hydroxyl groups is 2. The third-order valence-electron chi connectivity index (χ3n) is 4.84. The summed E-state index contributed by atoms with van der Waals surface area (Å²) in [6.07, 6.45) is 1.33. The van der Waals surface area contributed by atoms with E-state index >= 15 is 0 Å². The quantitative estimate of drug-likeness (QED) is 0.576. The summed E-state index contributed by atoms with van der Waals surface area (Å²) in [5, 5.41) is 18.6. The molecule has 3 aromatic rings. The highest BCUT2D eigenvalue weighted by Gasteiger charge is 2.10. The molecular weight excluding hydrogens is 340 g/mol. The van der Waals surface area contributed by atoms with Crippen molar-refractivity contribution in [3.05, 3.63) is 82.2 Å². The monoisotopic (exact) mass is 366 g/mol. The van der Waals surface area contributed by atoms with Crippen molar-refractivity contribution in [3.63, 3.8) is 0 Å². The van der Waals surface area contributed by atoms with Gasteiger partial charge in [0.25, 0.3) is 0 Å². The Morgan fingerprint density at radius 2 is 1.46 bits per heavy atom. The summed E-state index contributed by atoms with van der Waals surface area (Å²) in [7, 11) is 0. The minimum atomic E-state index is -0.409. The molecular formula is C23H26O2S. The van der Waals surface area contributed by atoms with E-state index in [4.69, 9.17) is 5.11 Å². The lowest BCUT2D eigenvalue weighted by Gasteiger charge is -2.14. The normalized spacial score (nSPS) is 13.5. The van der Waals surface area contributed by atoms with E-state index in [1.807, 2.05) is 6.07 Å². The topological polar surface area (TPSA) is 40.5 Å². The average molecular weight is 367 g/mol. The van der Waals surface area contributed by atoms with Gasteiger partial charge in [0, 0.05) is 22.3 Å². The maximum atomic E-state index is 9.69. The summed E-state index contributed by atoms with van der Waals surface area (Å²) >= 11 is 1.64.